The smallest absolute Gasteiger partial charge is 0.253 e. The average molecular weight is 364 g/mol. The normalized spacial score (nSPS) is 29.1. The first-order valence-corrected chi connectivity index (χ1v) is 10.3. The van der Waals surface area contributed by atoms with E-state index < -0.39 is 21.8 Å². The first kappa shape index (κ1) is 17.9. The van der Waals surface area contributed by atoms with Crippen LogP contribution in [0.15, 0.2) is 24.3 Å². The standard InChI is InChI=1S/C18H24N2O4S/c1-12-8-13(2)10-19(9-12)18(22)15-4-6-16(7-5-15)20-17(21)14(3)11-25(20,23)24/h4-7,12-14H,8-11H2,1-3H3. The molecule has 25 heavy (non-hydrogen) atoms. The van der Waals surface area contributed by atoms with Crippen molar-refractivity contribution in [2.75, 3.05) is 23.1 Å². The van der Waals surface area contributed by atoms with Crippen molar-refractivity contribution in [1.29, 1.82) is 0 Å². The van der Waals surface area contributed by atoms with Crippen LogP contribution in [0.25, 0.3) is 0 Å². The van der Waals surface area contributed by atoms with E-state index in [0.29, 0.717) is 23.1 Å². The van der Waals surface area contributed by atoms with Crippen molar-refractivity contribution >= 4 is 27.5 Å². The van der Waals surface area contributed by atoms with Crippen LogP contribution in [0.5, 0.6) is 0 Å². The minimum atomic E-state index is -3.62. The fourth-order valence-electron chi connectivity index (χ4n) is 3.84. The van der Waals surface area contributed by atoms with Crippen LogP contribution in [0.2, 0.25) is 0 Å². The van der Waals surface area contributed by atoms with Gasteiger partial charge in [-0.25, -0.2) is 12.7 Å². The first-order valence-electron chi connectivity index (χ1n) is 8.65. The predicted octanol–water partition coefficient (Wildman–Crippen LogP) is 2.12. The van der Waals surface area contributed by atoms with Crippen molar-refractivity contribution in [3.05, 3.63) is 29.8 Å². The highest BCUT2D eigenvalue weighted by atomic mass is 32.2. The lowest BCUT2D eigenvalue weighted by molar-refractivity contribution is -0.119. The minimum absolute atomic E-state index is 0.0473. The van der Waals surface area contributed by atoms with E-state index in [1.807, 2.05) is 4.90 Å². The fraction of sp³-hybridized carbons (Fsp3) is 0.556. The molecule has 2 saturated heterocycles. The van der Waals surface area contributed by atoms with Crippen LogP contribution in [0.3, 0.4) is 0 Å². The summed E-state index contributed by atoms with van der Waals surface area (Å²) in [5.74, 6) is -0.230. The number of sulfonamides is 1. The summed E-state index contributed by atoms with van der Waals surface area (Å²) in [6, 6.07) is 6.29. The maximum absolute atomic E-state index is 12.7. The van der Waals surface area contributed by atoms with Gasteiger partial charge in [-0.1, -0.05) is 20.8 Å². The Morgan fingerprint density at radius 3 is 2.08 bits per heavy atom. The summed E-state index contributed by atoms with van der Waals surface area (Å²) >= 11 is 0. The van der Waals surface area contributed by atoms with Gasteiger partial charge in [0.15, 0.2) is 0 Å². The summed E-state index contributed by atoms with van der Waals surface area (Å²) in [6.07, 6.45) is 1.12. The molecular weight excluding hydrogens is 340 g/mol. The number of piperidine rings is 1. The first-order chi connectivity index (χ1) is 11.7. The van der Waals surface area contributed by atoms with Crippen LogP contribution < -0.4 is 4.31 Å². The Morgan fingerprint density at radius 1 is 1.04 bits per heavy atom. The van der Waals surface area contributed by atoms with E-state index in [0.717, 1.165) is 23.8 Å². The zero-order valence-electron chi connectivity index (χ0n) is 14.8. The molecule has 3 rings (SSSR count). The summed E-state index contributed by atoms with van der Waals surface area (Å²) in [4.78, 5) is 26.7. The number of anilines is 1. The van der Waals surface area contributed by atoms with E-state index in [-0.39, 0.29) is 11.7 Å². The second kappa shape index (κ2) is 6.44. The summed E-state index contributed by atoms with van der Waals surface area (Å²) in [6.45, 7) is 7.37. The average Bonchev–Trinajstić information content (AvgIpc) is 2.73. The van der Waals surface area contributed by atoms with Gasteiger partial charge >= 0.3 is 0 Å². The number of nitrogens with zero attached hydrogens (tertiary/aromatic N) is 2. The van der Waals surface area contributed by atoms with Gasteiger partial charge in [-0.15, -0.1) is 0 Å². The molecule has 3 atom stereocenters. The van der Waals surface area contributed by atoms with Crippen LogP contribution in [0, 0.1) is 17.8 Å². The van der Waals surface area contributed by atoms with E-state index in [1.165, 1.54) is 12.1 Å². The van der Waals surface area contributed by atoms with Gasteiger partial charge < -0.3 is 4.90 Å². The van der Waals surface area contributed by atoms with Gasteiger partial charge in [-0.3, -0.25) is 9.59 Å². The van der Waals surface area contributed by atoms with Crippen LogP contribution >= 0.6 is 0 Å². The molecule has 1 aromatic rings. The lowest BCUT2D eigenvalue weighted by Crippen LogP contribution is -2.42. The molecule has 0 aliphatic carbocycles. The third kappa shape index (κ3) is 3.42. The molecule has 0 saturated carbocycles. The summed E-state index contributed by atoms with van der Waals surface area (Å²) < 4.78 is 25.2. The molecule has 1 aromatic carbocycles. The lowest BCUT2D eigenvalue weighted by Gasteiger charge is -2.35. The number of likely N-dealkylation sites (tertiary alicyclic amines) is 1. The molecule has 0 spiro atoms. The zero-order valence-corrected chi connectivity index (χ0v) is 15.6. The van der Waals surface area contributed by atoms with Crippen LogP contribution in [-0.2, 0) is 14.8 Å². The van der Waals surface area contributed by atoms with Gasteiger partial charge in [0.1, 0.15) is 0 Å². The molecular formula is C18H24N2O4S. The van der Waals surface area contributed by atoms with Gasteiger partial charge in [0.25, 0.3) is 5.91 Å². The molecule has 0 N–H and O–H groups in total. The monoisotopic (exact) mass is 364 g/mol. The highest BCUT2D eigenvalue weighted by Crippen LogP contribution is 2.29. The quantitative estimate of drug-likeness (QED) is 0.806. The van der Waals surface area contributed by atoms with Crippen molar-refractivity contribution in [2.45, 2.75) is 27.2 Å². The van der Waals surface area contributed by atoms with Crippen LogP contribution in [0.1, 0.15) is 37.6 Å². The van der Waals surface area contributed by atoms with Crippen molar-refractivity contribution in [1.82, 2.24) is 4.90 Å². The molecule has 2 amide bonds. The van der Waals surface area contributed by atoms with E-state index in [4.69, 9.17) is 0 Å². The maximum atomic E-state index is 12.7. The number of carbonyl (C=O) groups is 2. The second-order valence-electron chi connectivity index (χ2n) is 7.49. The Labute approximate surface area is 148 Å². The molecule has 2 aliphatic heterocycles. The van der Waals surface area contributed by atoms with Crippen LogP contribution in [-0.4, -0.2) is 44.0 Å². The molecule has 0 bridgehead atoms. The second-order valence-corrected chi connectivity index (χ2v) is 9.35. The Kier molecular flexibility index (Phi) is 4.62. The minimum Gasteiger partial charge on any atom is -0.338 e. The third-order valence-electron chi connectivity index (χ3n) is 4.87. The van der Waals surface area contributed by atoms with Crippen molar-refractivity contribution in [3.63, 3.8) is 0 Å². The number of amides is 2. The number of hydrogen-bond donors (Lipinski definition) is 0. The van der Waals surface area contributed by atoms with Crippen molar-refractivity contribution < 1.29 is 18.0 Å². The fourth-order valence-corrected chi connectivity index (χ4v) is 5.66. The zero-order chi connectivity index (χ0) is 18.4. The SMILES string of the molecule is CC1CC(C)CN(C(=O)c2ccc(N3C(=O)C(C)CS3(=O)=O)cc2)C1. The van der Waals surface area contributed by atoms with Crippen molar-refractivity contribution in [3.8, 4) is 0 Å². The third-order valence-corrected chi connectivity index (χ3v) is 6.73. The van der Waals surface area contributed by atoms with Gasteiger partial charge in [-0.2, -0.15) is 0 Å². The van der Waals surface area contributed by atoms with E-state index >= 15 is 0 Å². The molecule has 6 nitrogen and oxygen atoms in total. The van der Waals surface area contributed by atoms with Crippen molar-refractivity contribution in [2.24, 2.45) is 17.8 Å². The molecule has 0 aromatic heterocycles. The van der Waals surface area contributed by atoms with Crippen LogP contribution in [0.4, 0.5) is 5.69 Å². The number of benzene rings is 1. The Bertz CT molecular complexity index is 778. The Hall–Kier alpha value is -1.89. The summed E-state index contributed by atoms with van der Waals surface area (Å²) in [7, 11) is -3.62. The molecule has 7 heteroatoms. The maximum Gasteiger partial charge on any atom is 0.253 e. The largest absolute Gasteiger partial charge is 0.338 e. The van der Waals surface area contributed by atoms with E-state index in [9.17, 15) is 18.0 Å². The summed E-state index contributed by atoms with van der Waals surface area (Å²) in [5, 5.41) is 0. The van der Waals surface area contributed by atoms with Gasteiger partial charge in [0, 0.05) is 18.7 Å². The number of hydrogen-bond acceptors (Lipinski definition) is 4. The highest BCUT2D eigenvalue weighted by molar-refractivity contribution is 7.94. The van der Waals surface area contributed by atoms with E-state index in [1.54, 1.807) is 19.1 Å². The molecule has 2 fully saturated rings. The molecule has 3 unspecified atom stereocenters. The molecule has 2 aliphatic rings. The number of rotatable bonds is 2. The molecule has 0 radical (unpaired) electrons. The molecule has 2 heterocycles. The molecule has 136 valence electrons. The highest BCUT2D eigenvalue weighted by Gasteiger charge is 2.42. The summed E-state index contributed by atoms with van der Waals surface area (Å²) in [5.41, 5.74) is 0.813. The van der Waals surface area contributed by atoms with Gasteiger partial charge in [0.2, 0.25) is 15.9 Å². The Balaban J connectivity index is 1.81. The number of carbonyl (C=O) groups excluding carboxylic acids is 2. The topological polar surface area (TPSA) is 74.8 Å². The van der Waals surface area contributed by atoms with Gasteiger partial charge in [-0.05, 0) is 42.5 Å². The Morgan fingerprint density at radius 2 is 1.60 bits per heavy atom. The van der Waals surface area contributed by atoms with Gasteiger partial charge in [0.05, 0.1) is 17.4 Å². The van der Waals surface area contributed by atoms with E-state index in [2.05, 4.69) is 13.8 Å². The predicted molar refractivity (Wildman–Crippen MR) is 95.7 cm³/mol. The lowest BCUT2D eigenvalue weighted by atomic mass is 9.91.